The molecule has 1 aliphatic rings. The number of halogens is 1. The number of thiophene rings is 1. The summed E-state index contributed by atoms with van der Waals surface area (Å²) in [6.45, 7) is 4.62. The third kappa shape index (κ3) is 2.34. The second-order valence-electron chi connectivity index (χ2n) is 6.34. The van der Waals surface area contributed by atoms with E-state index in [1.54, 1.807) is 18.4 Å². The highest BCUT2D eigenvalue weighted by Crippen LogP contribution is 2.46. The molecule has 0 atom stereocenters. The Hall–Kier alpha value is -0.710. The maximum absolute atomic E-state index is 6.30. The summed E-state index contributed by atoms with van der Waals surface area (Å²) in [4.78, 5) is 10.2. The van der Waals surface area contributed by atoms with E-state index in [-0.39, 0.29) is 5.60 Å². The zero-order valence-corrected chi connectivity index (χ0v) is 13.6. The van der Waals surface area contributed by atoms with Crippen LogP contribution >= 0.6 is 22.9 Å². The highest BCUT2D eigenvalue weighted by molar-refractivity contribution is 7.16. The Balaban J connectivity index is 2.03. The summed E-state index contributed by atoms with van der Waals surface area (Å²) in [5, 5.41) is 3.47. The lowest BCUT2D eigenvalue weighted by atomic mass is 9.70. The molecule has 2 aromatic heterocycles. The molecule has 1 saturated carbocycles. The van der Waals surface area contributed by atoms with E-state index >= 15 is 0 Å². The van der Waals surface area contributed by atoms with Crippen LogP contribution in [0.15, 0.2) is 11.4 Å². The third-order valence-electron chi connectivity index (χ3n) is 4.49. The molecule has 3 nitrogen and oxygen atoms in total. The van der Waals surface area contributed by atoms with E-state index in [2.05, 4.69) is 18.8 Å². The molecule has 5 heteroatoms. The summed E-state index contributed by atoms with van der Waals surface area (Å²) < 4.78 is 5.86. The van der Waals surface area contributed by atoms with Crippen LogP contribution in [0, 0.1) is 5.41 Å². The van der Waals surface area contributed by atoms with E-state index < -0.39 is 0 Å². The van der Waals surface area contributed by atoms with Crippen LogP contribution in [0.3, 0.4) is 0 Å². The van der Waals surface area contributed by atoms with Crippen molar-refractivity contribution in [1.29, 1.82) is 0 Å². The van der Waals surface area contributed by atoms with E-state index in [0.717, 1.165) is 41.7 Å². The number of hydrogen-bond acceptors (Lipinski definition) is 4. The van der Waals surface area contributed by atoms with Gasteiger partial charge < -0.3 is 4.74 Å². The minimum absolute atomic E-state index is 0.374. The molecule has 0 spiro atoms. The van der Waals surface area contributed by atoms with Crippen molar-refractivity contribution in [2.75, 3.05) is 7.11 Å². The Morgan fingerprint density at radius 1 is 1.20 bits per heavy atom. The number of hydrogen-bond donors (Lipinski definition) is 0. The minimum atomic E-state index is -0.378. The van der Waals surface area contributed by atoms with Crippen molar-refractivity contribution in [3.63, 3.8) is 0 Å². The van der Waals surface area contributed by atoms with Gasteiger partial charge in [0, 0.05) is 12.5 Å². The van der Waals surface area contributed by atoms with Crippen LogP contribution < -0.4 is 0 Å². The van der Waals surface area contributed by atoms with Gasteiger partial charge in [-0.3, -0.25) is 0 Å². The van der Waals surface area contributed by atoms with Crippen molar-refractivity contribution in [2.45, 2.75) is 45.1 Å². The molecule has 20 heavy (non-hydrogen) atoms. The molecule has 0 aromatic carbocycles. The Kier molecular flexibility index (Phi) is 3.51. The van der Waals surface area contributed by atoms with E-state index in [0.29, 0.717) is 10.6 Å². The van der Waals surface area contributed by atoms with Crippen molar-refractivity contribution in [3.8, 4) is 0 Å². The van der Waals surface area contributed by atoms with Crippen molar-refractivity contribution in [3.05, 3.63) is 22.4 Å². The summed E-state index contributed by atoms with van der Waals surface area (Å²) in [5.41, 5.74) is -0.00377. The molecule has 2 aromatic rings. The van der Waals surface area contributed by atoms with E-state index in [9.17, 15) is 0 Å². The molecule has 0 amide bonds. The summed E-state index contributed by atoms with van der Waals surface area (Å²) in [7, 11) is 1.76. The number of fused-ring (bicyclic) bond motifs is 1. The van der Waals surface area contributed by atoms with Crippen molar-refractivity contribution in [1.82, 2.24) is 9.97 Å². The first-order valence-corrected chi connectivity index (χ1v) is 8.18. The molecule has 108 valence electrons. The van der Waals surface area contributed by atoms with Crippen LogP contribution in [-0.4, -0.2) is 17.1 Å². The lowest BCUT2D eigenvalue weighted by Crippen LogP contribution is -2.38. The van der Waals surface area contributed by atoms with Crippen LogP contribution in [0.1, 0.15) is 45.4 Å². The highest BCUT2D eigenvalue weighted by Gasteiger charge is 2.42. The maximum Gasteiger partial charge on any atom is 0.163 e. The number of aromatic nitrogens is 2. The van der Waals surface area contributed by atoms with Crippen LogP contribution in [0.25, 0.3) is 10.2 Å². The SMILES string of the molecule is COC1(c2nc(Cl)c3ccsc3n2)CCC(C)(C)CC1. The zero-order chi connectivity index (χ0) is 14.4. The predicted molar refractivity (Wildman–Crippen MR) is 83.4 cm³/mol. The standard InChI is InChI=1S/C15H19ClN2OS/c1-14(2)5-7-15(19-3,8-6-14)13-17-11(16)10-4-9-20-12(10)18-13/h4,9H,5-8H2,1-3H3. The Labute approximate surface area is 128 Å². The van der Waals surface area contributed by atoms with Crippen LogP contribution in [0.5, 0.6) is 0 Å². The van der Waals surface area contributed by atoms with Crippen LogP contribution in [-0.2, 0) is 10.3 Å². The van der Waals surface area contributed by atoms with Gasteiger partial charge in [-0.2, -0.15) is 0 Å². The topological polar surface area (TPSA) is 35.0 Å². The van der Waals surface area contributed by atoms with Gasteiger partial charge in [0.05, 0.1) is 0 Å². The molecule has 1 aliphatic carbocycles. The van der Waals surface area contributed by atoms with Gasteiger partial charge in [0.1, 0.15) is 15.6 Å². The molecular formula is C15H19ClN2OS. The van der Waals surface area contributed by atoms with Gasteiger partial charge in [0.2, 0.25) is 0 Å². The Bertz CT molecular complexity index is 628. The molecule has 1 fully saturated rings. The summed E-state index contributed by atoms with van der Waals surface area (Å²) in [5.74, 6) is 0.746. The monoisotopic (exact) mass is 310 g/mol. The van der Waals surface area contributed by atoms with Gasteiger partial charge in [0.25, 0.3) is 0 Å². The average Bonchev–Trinajstić information content (AvgIpc) is 2.88. The zero-order valence-electron chi connectivity index (χ0n) is 12.1. The normalized spacial score (nSPS) is 21.2. The summed E-state index contributed by atoms with van der Waals surface area (Å²) >= 11 is 7.90. The van der Waals surface area contributed by atoms with Crippen LogP contribution in [0.2, 0.25) is 5.15 Å². The average molecular weight is 311 g/mol. The Morgan fingerprint density at radius 3 is 2.55 bits per heavy atom. The van der Waals surface area contributed by atoms with Crippen molar-refractivity contribution < 1.29 is 4.74 Å². The summed E-state index contributed by atoms with van der Waals surface area (Å²) in [6.07, 6.45) is 4.13. The number of rotatable bonds is 2. The second-order valence-corrected chi connectivity index (χ2v) is 7.59. The first kappa shape index (κ1) is 14.2. The van der Waals surface area contributed by atoms with Crippen LogP contribution in [0.4, 0.5) is 0 Å². The lowest BCUT2D eigenvalue weighted by molar-refractivity contribution is -0.0726. The quantitative estimate of drug-likeness (QED) is 0.748. The smallest absolute Gasteiger partial charge is 0.163 e. The second kappa shape index (κ2) is 4.93. The van der Waals surface area contributed by atoms with Gasteiger partial charge in [0.15, 0.2) is 5.82 Å². The fourth-order valence-electron chi connectivity index (χ4n) is 2.87. The molecule has 3 rings (SSSR count). The summed E-state index contributed by atoms with van der Waals surface area (Å²) in [6, 6.07) is 1.97. The van der Waals surface area contributed by atoms with Gasteiger partial charge in [-0.1, -0.05) is 25.4 Å². The third-order valence-corrected chi connectivity index (χ3v) is 5.58. The molecule has 0 radical (unpaired) electrons. The molecule has 0 unspecified atom stereocenters. The first-order valence-electron chi connectivity index (χ1n) is 6.92. The minimum Gasteiger partial charge on any atom is -0.370 e. The molecule has 2 heterocycles. The van der Waals surface area contributed by atoms with E-state index in [1.807, 2.05) is 11.4 Å². The maximum atomic E-state index is 6.30. The molecule has 0 saturated heterocycles. The number of ether oxygens (including phenoxy) is 1. The first-order chi connectivity index (χ1) is 9.46. The molecule has 0 bridgehead atoms. The fourth-order valence-corrected chi connectivity index (χ4v) is 3.93. The lowest BCUT2D eigenvalue weighted by Gasteiger charge is -2.41. The van der Waals surface area contributed by atoms with E-state index in [4.69, 9.17) is 21.3 Å². The highest BCUT2D eigenvalue weighted by atomic mass is 35.5. The van der Waals surface area contributed by atoms with Gasteiger partial charge >= 0.3 is 0 Å². The van der Waals surface area contributed by atoms with E-state index in [1.165, 1.54) is 0 Å². The Morgan fingerprint density at radius 2 is 1.90 bits per heavy atom. The van der Waals surface area contributed by atoms with Crippen molar-refractivity contribution in [2.24, 2.45) is 5.41 Å². The predicted octanol–water partition coefficient (Wildman–Crippen LogP) is 4.79. The molecule has 0 N–H and O–H groups in total. The largest absolute Gasteiger partial charge is 0.370 e. The van der Waals surface area contributed by atoms with Gasteiger partial charge in [-0.05, 0) is 42.5 Å². The number of nitrogens with zero attached hydrogens (tertiary/aromatic N) is 2. The van der Waals surface area contributed by atoms with Crippen molar-refractivity contribution >= 4 is 33.2 Å². The number of methoxy groups -OCH3 is 1. The van der Waals surface area contributed by atoms with Gasteiger partial charge in [-0.25, -0.2) is 9.97 Å². The molecular weight excluding hydrogens is 292 g/mol. The molecule has 0 aliphatic heterocycles. The van der Waals surface area contributed by atoms with Gasteiger partial charge in [-0.15, -0.1) is 11.3 Å². The fraction of sp³-hybridized carbons (Fsp3) is 0.600.